The molecule has 0 spiro atoms. The molecule has 1 unspecified atom stereocenters. The van der Waals surface area contributed by atoms with Crippen molar-refractivity contribution < 1.29 is 14.3 Å². The number of hydrogen-bond donors (Lipinski definition) is 2. The molecule has 2 aromatic rings. The highest BCUT2D eigenvalue weighted by Gasteiger charge is 2.21. The highest BCUT2D eigenvalue weighted by Crippen LogP contribution is 2.20. The van der Waals surface area contributed by atoms with Crippen molar-refractivity contribution in [3.05, 3.63) is 46.5 Å². The number of nitrogens with one attached hydrogen (secondary N) is 1. The molecule has 146 valence electrons. The average Bonchev–Trinajstić information content (AvgIpc) is 3.28. The molecule has 2 N–H and O–H groups in total. The van der Waals surface area contributed by atoms with Crippen LogP contribution in [0.1, 0.15) is 16.7 Å². The van der Waals surface area contributed by atoms with E-state index in [9.17, 15) is 9.90 Å². The van der Waals surface area contributed by atoms with Crippen LogP contribution in [0.2, 0.25) is 0 Å². The molecule has 3 heterocycles. The van der Waals surface area contributed by atoms with Gasteiger partial charge in [0.25, 0.3) is 0 Å². The summed E-state index contributed by atoms with van der Waals surface area (Å²) in [5, 5.41) is 15.1. The predicted octanol–water partition coefficient (Wildman–Crippen LogP) is 2.15. The quantitative estimate of drug-likeness (QED) is 0.716. The third-order valence-corrected chi connectivity index (χ3v) is 5.15. The number of β-amino-alcohol motifs (C(OH)–C–C–N with tert-alkyl or cyclic N) is 1. The third kappa shape index (κ3) is 6.90. The van der Waals surface area contributed by atoms with E-state index in [1.807, 2.05) is 29.6 Å². The Balaban J connectivity index is 0.00000169. The number of nitrogens with zero attached hydrogens (tertiary/aromatic N) is 2. The number of carbonyl (C=O) groups is 1. The minimum absolute atomic E-state index is 0. The van der Waals surface area contributed by atoms with Gasteiger partial charge in [-0.3, -0.25) is 14.6 Å². The van der Waals surface area contributed by atoms with E-state index in [-0.39, 0.29) is 30.7 Å². The predicted molar refractivity (Wildman–Crippen MR) is 107 cm³/mol. The molecule has 9 heteroatoms. The monoisotopic (exact) mass is 421 g/mol. The molecule has 0 saturated carbocycles. The molecule has 1 fully saturated rings. The third-order valence-electron chi connectivity index (χ3n) is 4.17. The Kier molecular flexibility index (Phi) is 10.2. The number of aliphatic hydroxyl groups excluding tert-OH is 1. The minimum atomic E-state index is -0.423. The fourth-order valence-corrected chi connectivity index (χ4v) is 3.51. The minimum Gasteiger partial charge on any atom is -0.467 e. The Morgan fingerprint density at radius 3 is 2.54 bits per heavy atom. The number of amides is 1. The number of aliphatic hydroxyl groups is 1. The Labute approximate surface area is 170 Å². The zero-order valence-electron chi connectivity index (χ0n) is 14.4. The second-order valence-electron chi connectivity index (χ2n) is 5.96. The maximum atomic E-state index is 12.0. The zero-order valence-corrected chi connectivity index (χ0v) is 16.8. The smallest absolute Gasteiger partial charge is 0.234 e. The van der Waals surface area contributed by atoms with Crippen molar-refractivity contribution in [1.82, 2.24) is 15.1 Å². The number of piperazine rings is 1. The van der Waals surface area contributed by atoms with Gasteiger partial charge in [0.2, 0.25) is 5.91 Å². The average molecular weight is 422 g/mol. The molecule has 3 rings (SSSR count). The van der Waals surface area contributed by atoms with E-state index in [1.54, 1.807) is 17.6 Å². The lowest BCUT2D eigenvalue weighted by atomic mass is 10.2. The summed E-state index contributed by atoms with van der Waals surface area (Å²) in [5.74, 6) is 0.772. The molecule has 0 radical (unpaired) electrons. The van der Waals surface area contributed by atoms with Crippen molar-refractivity contribution in [1.29, 1.82) is 0 Å². The number of furan rings is 1. The summed E-state index contributed by atoms with van der Waals surface area (Å²) < 4.78 is 5.20. The van der Waals surface area contributed by atoms with E-state index in [1.165, 1.54) is 0 Å². The second-order valence-corrected chi connectivity index (χ2v) is 6.94. The van der Waals surface area contributed by atoms with Crippen LogP contribution in [0.4, 0.5) is 0 Å². The van der Waals surface area contributed by atoms with Gasteiger partial charge < -0.3 is 14.8 Å². The summed E-state index contributed by atoms with van der Waals surface area (Å²) in [7, 11) is 0. The summed E-state index contributed by atoms with van der Waals surface area (Å²) in [5.41, 5.74) is 0. The van der Waals surface area contributed by atoms with Crippen LogP contribution < -0.4 is 5.32 Å². The zero-order chi connectivity index (χ0) is 16.8. The van der Waals surface area contributed by atoms with Gasteiger partial charge in [-0.15, -0.1) is 36.2 Å². The number of rotatable bonds is 7. The summed E-state index contributed by atoms with van der Waals surface area (Å²) in [6.45, 7) is 4.90. The fraction of sp³-hybridized carbons (Fsp3) is 0.471. The van der Waals surface area contributed by atoms with Crippen LogP contribution in [0, 0.1) is 0 Å². The van der Waals surface area contributed by atoms with Crippen LogP contribution in [0.3, 0.4) is 0 Å². The Hall–Kier alpha value is -1.09. The first-order valence-corrected chi connectivity index (χ1v) is 9.04. The molecular formula is C17H25Cl2N3O3S. The van der Waals surface area contributed by atoms with E-state index in [0.29, 0.717) is 19.6 Å². The van der Waals surface area contributed by atoms with Gasteiger partial charge in [-0.25, -0.2) is 0 Å². The Morgan fingerprint density at radius 1 is 1.19 bits per heavy atom. The van der Waals surface area contributed by atoms with Gasteiger partial charge in [-0.1, -0.05) is 6.07 Å². The SMILES string of the molecule is Cl.Cl.O=C(CN1CCN(CC(O)c2cccs2)CC1)NCc1ccco1. The van der Waals surface area contributed by atoms with Gasteiger partial charge in [-0.2, -0.15) is 0 Å². The molecule has 1 amide bonds. The van der Waals surface area contributed by atoms with E-state index >= 15 is 0 Å². The van der Waals surface area contributed by atoms with Crippen molar-refractivity contribution in [3.8, 4) is 0 Å². The van der Waals surface area contributed by atoms with Crippen LogP contribution >= 0.6 is 36.2 Å². The first-order chi connectivity index (χ1) is 11.7. The van der Waals surface area contributed by atoms with Gasteiger partial charge in [0.15, 0.2) is 0 Å². The lowest BCUT2D eigenvalue weighted by Gasteiger charge is -2.35. The number of halogens is 2. The van der Waals surface area contributed by atoms with Crippen molar-refractivity contribution in [2.24, 2.45) is 0 Å². The largest absolute Gasteiger partial charge is 0.467 e. The first-order valence-electron chi connectivity index (χ1n) is 8.16. The van der Waals surface area contributed by atoms with Gasteiger partial charge in [0.05, 0.1) is 19.4 Å². The molecular weight excluding hydrogens is 397 g/mol. The Bertz CT molecular complexity index is 617. The van der Waals surface area contributed by atoms with Crippen LogP contribution in [0.25, 0.3) is 0 Å². The van der Waals surface area contributed by atoms with E-state index in [0.717, 1.165) is 36.8 Å². The second kappa shape index (κ2) is 11.6. The molecule has 0 aliphatic carbocycles. The van der Waals surface area contributed by atoms with Gasteiger partial charge in [0, 0.05) is 37.6 Å². The van der Waals surface area contributed by atoms with Crippen LogP contribution in [0.5, 0.6) is 0 Å². The van der Waals surface area contributed by atoms with Crippen molar-refractivity contribution in [3.63, 3.8) is 0 Å². The van der Waals surface area contributed by atoms with Gasteiger partial charge >= 0.3 is 0 Å². The molecule has 26 heavy (non-hydrogen) atoms. The molecule has 2 aromatic heterocycles. The molecule has 1 atom stereocenters. The van der Waals surface area contributed by atoms with Crippen LogP contribution in [-0.2, 0) is 11.3 Å². The summed E-state index contributed by atoms with van der Waals surface area (Å²) in [4.78, 5) is 17.4. The summed E-state index contributed by atoms with van der Waals surface area (Å²) in [6.07, 6.45) is 1.18. The first kappa shape index (κ1) is 23.0. The highest BCUT2D eigenvalue weighted by molar-refractivity contribution is 7.10. The van der Waals surface area contributed by atoms with Crippen molar-refractivity contribution in [2.45, 2.75) is 12.6 Å². The fourth-order valence-electron chi connectivity index (χ4n) is 2.80. The van der Waals surface area contributed by atoms with Crippen molar-refractivity contribution in [2.75, 3.05) is 39.3 Å². The number of carbonyl (C=O) groups excluding carboxylic acids is 1. The normalized spacial score (nSPS) is 16.3. The lowest BCUT2D eigenvalue weighted by Crippen LogP contribution is -2.50. The molecule has 0 bridgehead atoms. The summed E-state index contributed by atoms with van der Waals surface area (Å²) in [6, 6.07) is 7.58. The molecule has 0 aromatic carbocycles. The lowest BCUT2D eigenvalue weighted by molar-refractivity contribution is -0.123. The highest BCUT2D eigenvalue weighted by atomic mass is 35.5. The standard InChI is InChI=1S/C17H23N3O3S.2ClH/c21-15(16-4-2-10-24-16)12-19-5-7-20(8-6-19)13-17(22)18-11-14-3-1-9-23-14;;/h1-4,9-10,15,21H,5-8,11-13H2,(H,18,22);2*1H. The maximum absolute atomic E-state index is 12.0. The number of hydrogen-bond acceptors (Lipinski definition) is 6. The Morgan fingerprint density at radius 2 is 1.92 bits per heavy atom. The van der Waals surface area contributed by atoms with E-state index in [4.69, 9.17) is 4.42 Å². The molecule has 6 nitrogen and oxygen atoms in total. The maximum Gasteiger partial charge on any atom is 0.234 e. The van der Waals surface area contributed by atoms with Gasteiger partial charge in [0.1, 0.15) is 11.9 Å². The van der Waals surface area contributed by atoms with E-state index < -0.39 is 6.10 Å². The van der Waals surface area contributed by atoms with Crippen LogP contribution in [0.15, 0.2) is 40.3 Å². The van der Waals surface area contributed by atoms with Crippen molar-refractivity contribution >= 4 is 42.1 Å². The van der Waals surface area contributed by atoms with E-state index in [2.05, 4.69) is 15.1 Å². The van der Waals surface area contributed by atoms with Gasteiger partial charge in [-0.05, 0) is 23.6 Å². The molecule has 1 aliphatic heterocycles. The topological polar surface area (TPSA) is 69.0 Å². The molecule has 1 saturated heterocycles. The van der Waals surface area contributed by atoms with Crippen LogP contribution in [-0.4, -0.2) is 60.1 Å². The summed E-state index contributed by atoms with van der Waals surface area (Å²) >= 11 is 1.59. The number of thiophene rings is 1. The molecule has 1 aliphatic rings.